The fourth-order valence-corrected chi connectivity index (χ4v) is 1.72. The lowest BCUT2D eigenvalue weighted by Gasteiger charge is -2.14. The summed E-state index contributed by atoms with van der Waals surface area (Å²) in [5.74, 6) is -0.332. The van der Waals surface area contributed by atoms with E-state index in [0.29, 0.717) is 12.8 Å². The molecule has 16 heavy (non-hydrogen) atoms. The molecule has 1 N–H and O–H groups in total. The number of rotatable bonds is 4. The van der Waals surface area contributed by atoms with Crippen LogP contribution in [-0.2, 0) is 0 Å². The fourth-order valence-electron chi connectivity index (χ4n) is 1.72. The summed E-state index contributed by atoms with van der Waals surface area (Å²) in [4.78, 5) is 37.1. The molecule has 0 radical (unpaired) electrons. The van der Waals surface area contributed by atoms with Gasteiger partial charge in [-0.1, -0.05) is 13.8 Å². The summed E-state index contributed by atoms with van der Waals surface area (Å²) in [5.41, 5.74) is -0.917. The third-order valence-corrected chi connectivity index (χ3v) is 2.69. The number of carbonyl (C=O) groups is 1. The third kappa shape index (κ3) is 2.13. The number of ketones is 1. The zero-order chi connectivity index (χ0) is 12.3. The average molecular weight is 224 g/mol. The molecule has 0 bridgehead atoms. The van der Waals surface area contributed by atoms with Crippen LogP contribution in [0.25, 0.3) is 0 Å². The molecule has 0 aromatic carbocycles. The number of H-pyrrole nitrogens is 1. The molecule has 0 unspecified atom stereocenters. The average Bonchev–Trinajstić information content (AvgIpc) is 2.23. The van der Waals surface area contributed by atoms with Gasteiger partial charge in [-0.05, 0) is 19.8 Å². The molecule has 0 aliphatic heterocycles. The molecule has 0 amide bonds. The van der Waals surface area contributed by atoms with E-state index < -0.39 is 11.2 Å². The van der Waals surface area contributed by atoms with E-state index >= 15 is 0 Å². The van der Waals surface area contributed by atoms with Gasteiger partial charge >= 0.3 is 5.69 Å². The number of Topliss-reactive ketones (excluding diaryl/α,β-unsaturated/α-hetero) is 1. The van der Waals surface area contributed by atoms with E-state index in [0.717, 1.165) is 4.57 Å². The summed E-state index contributed by atoms with van der Waals surface area (Å²) in [6.07, 6.45) is 2.55. The summed E-state index contributed by atoms with van der Waals surface area (Å²) in [5, 5.41) is 0. The Hall–Kier alpha value is -1.65. The molecule has 0 saturated heterocycles. The Bertz CT molecular complexity index is 495. The first-order valence-corrected chi connectivity index (χ1v) is 5.38. The molecule has 0 atom stereocenters. The SMILES string of the molecule is CCC(CC)n1c(=O)[nH]cc(C(C)=O)c1=O. The van der Waals surface area contributed by atoms with Gasteiger partial charge in [0.1, 0.15) is 0 Å². The quantitative estimate of drug-likeness (QED) is 0.778. The first-order valence-electron chi connectivity index (χ1n) is 5.38. The second-order valence-electron chi connectivity index (χ2n) is 3.71. The molecule has 5 nitrogen and oxygen atoms in total. The van der Waals surface area contributed by atoms with Gasteiger partial charge in [0.25, 0.3) is 5.56 Å². The molecule has 0 aliphatic carbocycles. The number of aromatic nitrogens is 2. The van der Waals surface area contributed by atoms with Crippen LogP contribution in [0.2, 0.25) is 0 Å². The zero-order valence-electron chi connectivity index (χ0n) is 9.74. The van der Waals surface area contributed by atoms with Crippen LogP contribution in [0.3, 0.4) is 0 Å². The normalized spacial score (nSPS) is 10.8. The van der Waals surface area contributed by atoms with Crippen molar-refractivity contribution < 1.29 is 4.79 Å². The zero-order valence-corrected chi connectivity index (χ0v) is 9.74. The maximum Gasteiger partial charge on any atom is 0.328 e. The van der Waals surface area contributed by atoms with Crippen LogP contribution in [0.4, 0.5) is 0 Å². The van der Waals surface area contributed by atoms with E-state index in [2.05, 4.69) is 4.98 Å². The van der Waals surface area contributed by atoms with Gasteiger partial charge in [0, 0.05) is 12.2 Å². The van der Waals surface area contributed by atoms with Crippen molar-refractivity contribution in [2.45, 2.75) is 39.7 Å². The number of hydrogen-bond acceptors (Lipinski definition) is 3. The van der Waals surface area contributed by atoms with Crippen molar-refractivity contribution in [3.8, 4) is 0 Å². The van der Waals surface area contributed by atoms with E-state index in [-0.39, 0.29) is 17.4 Å². The van der Waals surface area contributed by atoms with Crippen molar-refractivity contribution >= 4 is 5.78 Å². The number of carbonyl (C=O) groups excluding carboxylic acids is 1. The highest BCUT2D eigenvalue weighted by molar-refractivity contribution is 5.93. The van der Waals surface area contributed by atoms with E-state index in [1.54, 1.807) is 0 Å². The fraction of sp³-hybridized carbons (Fsp3) is 0.545. The van der Waals surface area contributed by atoms with Crippen molar-refractivity contribution in [3.05, 3.63) is 32.6 Å². The predicted octanol–water partition coefficient (Wildman–Crippen LogP) is 1.10. The lowest BCUT2D eigenvalue weighted by Crippen LogP contribution is -2.40. The van der Waals surface area contributed by atoms with E-state index in [9.17, 15) is 14.4 Å². The topological polar surface area (TPSA) is 71.9 Å². The minimum Gasteiger partial charge on any atom is -0.313 e. The highest BCUT2D eigenvalue weighted by Crippen LogP contribution is 2.10. The predicted molar refractivity (Wildman–Crippen MR) is 60.9 cm³/mol. The summed E-state index contributed by atoms with van der Waals surface area (Å²) in [6.45, 7) is 5.12. The van der Waals surface area contributed by atoms with Crippen molar-refractivity contribution in [2.24, 2.45) is 0 Å². The van der Waals surface area contributed by atoms with Gasteiger partial charge in [-0.2, -0.15) is 0 Å². The van der Waals surface area contributed by atoms with Crippen molar-refractivity contribution in [2.75, 3.05) is 0 Å². The largest absolute Gasteiger partial charge is 0.328 e. The van der Waals surface area contributed by atoms with Crippen LogP contribution in [-0.4, -0.2) is 15.3 Å². The molecule has 88 valence electrons. The standard InChI is InChI=1S/C11H16N2O3/c1-4-8(5-2)13-10(15)9(7(3)14)6-12-11(13)16/h6,8H,4-5H2,1-3H3,(H,12,16). The summed E-state index contributed by atoms with van der Waals surface area (Å²) >= 11 is 0. The summed E-state index contributed by atoms with van der Waals surface area (Å²) < 4.78 is 1.14. The van der Waals surface area contributed by atoms with Crippen molar-refractivity contribution in [1.82, 2.24) is 9.55 Å². The lowest BCUT2D eigenvalue weighted by atomic mass is 10.1. The smallest absolute Gasteiger partial charge is 0.313 e. The van der Waals surface area contributed by atoms with Crippen LogP contribution in [0.1, 0.15) is 50.0 Å². The van der Waals surface area contributed by atoms with E-state index in [4.69, 9.17) is 0 Å². The van der Waals surface area contributed by atoms with Gasteiger partial charge in [0.05, 0.1) is 5.56 Å². The minimum atomic E-state index is -0.495. The van der Waals surface area contributed by atoms with Gasteiger partial charge in [0.15, 0.2) is 5.78 Å². The molecule has 1 aromatic heterocycles. The monoisotopic (exact) mass is 224 g/mol. The number of nitrogens with one attached hydrogen (secondary N) is 1. The number of hydrogen-bond donors (Lipinski definition) is 1. The first-order chi connectivity index (χ1) is 7.52. The van der Waals surface area contributed by atoms with Gasteiger partial charge in [-0.15, -0.1) is 0 Å². The van der Waals surface area contributed by atoms with E-state index in [1.807, 2.05) is 13.8 Å². The third-order valence-electron chi connectivity index (χ3n) is 2.69. The highest BCUT2D eigenvalue weighted by Gasteiger charge is 2.16. The lowest BCUT2D eigenvalue weighted by molar-refractivity contribution is 0.101. The highest BCUT2D eigenvalue weighted by atomic mass is 16.2. The molecule has 5 heteroatoms. The van der Waals surface area contributed by atoms with Crippen molar-refractivity contribution in [1.29, 1.82) is 0 Å². The Morgan fingerprint density at radius 1 is 1.38 bits per heavy atom. The molecule has 0 fully saturated rings. The van der Waals surface area contributed by atoms with Gasteiger partial charge in [-0.3, -0.25) is 14.2 Å². The summed E-state index contributed by atoms with van der Waals surface area (Å²) in [6, 6.07) is -0.157. The Morgan fingerprint density at radius 3 is 2.38 bits per heavy atom. The molecule has 0 saturated carbocycles. The number of aromatic amines is 1. The summed E-state index contributed by atoms with van der Waals surface area (Å²) in [7, 11) is 0. The van der Waals surface area contributed by atoms with Crippen LogP contribution in [0, 0.1) is 0 Å². The number of nitrogens with zero attached hydrogens (tertiary/aromatic N) is 1. The molecular weight excluding hydrogens is 208 g/mol. The molecule has 0 spiro atoms. The van der Waals surface area contributed by atoms with E-state index in [1.165, 1.54) is 13.1 Å². The first kappa shape index (κ1) is 12.4. The van der Waals surface area contributed by atoms with Crippen LogP contribution in [0.5, 0.6) is 0 Å². The Labute approximate surface area is 93.1 Å². The molecule has 1 aromatic rings. The van der Waals surface area contributed by atoms with Gasteiger partial charge in [0.2, 0.25) is 0 Å². The maximum atomic E-state index is 11.9. The van der Waals surface area contributed by atoms with Crippen LogP contribution < -0.4 is 11.2 Å². The molecule has 0 aliphatic rings. The second-order valence-corrected chi connectivity index (χ2v) is 3.71. The molecule has 1 heterocycles. The van der Waals surface area contributed by atoms with Crippen molar-refractivity contribution in [3.63, 3.8) is 0 Å². The Kier molecular flexibility index (Phi) is 3.82. The van der Waals surface area contributed by atoms with Gasteiger partial charge < -0.3 is 4.98 Å². The minimum absolute atomic E-state index is 0.0338. The molecule has 1 rings (SSSR count). The Balaban J connectivity index is 3.49. The van der Waals surface area contributed by atoms with Crippen LogP contribution >= 0.6 is 0 Å². The van der Waals surface area contributed by atoms with Gasteiger partial charge in [-0.25, -0.2) is 4.79 Å². The van der Waals surface area contributed by atoms with Crippen LogP contribution in [0.15, 0.2) is 15.8 Å². The second kappa shape index (κ2) is 4.92. The molecular formula is C11H16N2O3. The maximum absolute atomic E-state index is 11.9. The Morgan fingerprint density at radius 2 is 1.94 bits per heavy atom.